The first-order valence-corrected chi connectivity index (χ1v) is 5.72. The summed E-state index contributed by atoms with van der Waals surface area (Å²) in [5.41, 5.74) is -0.946. The summed E-state index contributed by atoms with van der Waals surface area (Å²) in [5.74, 6) is -4.47. The lowest BCUT2D eigenvalue weighted by Crippen LogP contribution is -2.16. The van der Waals surface area contributed by atoms with Crippen LogP contribution in [-0.4, -0.2) is 11.1 Å². The molecule has 0 radical (unpaired) electrons. The van der Waals surface area contributed by atoms with E-state index in [2.05, 4.69) is 15.9 Å². The summed E-state index contributed by atoms with van der Waals surface area (Å²) >= 11 is 2.63. The summed E-state index contributed by atoms with van der Waals surface area (Å²) < 4.78 is 39.5. The Hall–Kier alpha value is -1.04. The molecule has 0 aromatic heterocycles. The molecule has 1 saturated carbocycles. The van der Waals surface area contributed by atoms with Gasteiger partial charge in [0, 0.05) is 5.41 Å². The third-order valence-corrected chi connectivity index (χ3v) is 3.71. The summed E-state index contributed by atoms with van der Waals surface area (Å²) in [7, 11) is 0. The van der Waals surface area contributed by atoms with Crippen molar-refractivity contribution in [2.75, 3.05) is 0 Å². The highest BCUT2D eigenvalue weighted by atomic mass is 79.9. The van der Waals surface area contributed by atoms with Gasteiger partial charge in [0.05, 0.1) is 10.9 Å². The first-order chi connectivity index (χ1) is 7.87. The van der Waals surface area contributed by atoms with Gasteiger partial charge < -0.3 is 5.11 Å². The quantitative estimate of drug-likeness (QED) is 0.686. The van der Waals surface area contributed by atoms with Crippen molar-refractivity contribution in [2.24, 2.45) is 0 Å². The number of rotatable bonds is 3. The Morgan fingerprint density at radius 2 is 1.94 bits per heavy atom. The van der Waals surface area contributed by atoms with E-state index in [1.165, 1.54) is 0 Å². The maximum atomic E-state index is 13.8. The Kier molecular flexibility index (Phi) is 2.93. The molecule has 17 heavy (non-hydrogen) atoms. The van der Waals surface area contributed by atoms with Gasteiger partial charge in [-0.05, 0) is 40.4 Å². The summed E-state index contributed by atoms with van der Waals surface area (Å²) in [6, 6.07) is 0.755. The number of carbonyl (C=O) groups is 1. The van der Waals surface area contributed by atoms with Crippen LogP contribution in [0.2, 0.25) is 0 Å². The second-order valence-corrected chi connectivity index (χ2v) is 4.99. The van der Waals surface area contributed by atoms with Crippen LogP contribution in [-0.2, 0) is 10.2 Å². The second kappa shape index (κ2) is 4.01. The van der Waals surface area contributed by atoms with Crippen molar-refractivity contribution >= 4 is 21.9 Å². The van der Waals surface area contributed by atoms with Crippen molar-refractivity contribution < 1.29 is 23.1 Å². The lowest BCUT2D eigenvalue weighted by molar-refractivity contribution is -0.137. The second-order valence-electron chi connectivity index (χ2n) is 4.20. The third-order valence-electron chi connectivity index (χ3n) is 3.02. The average Bonchev–Trinajstić information content (AvgIpc) is 3.00. The van der Waals surface area contributed by atoms with Gasteiger partial charge in [0.2, 0.25) is 0 Å². The first kappa shape index (κ1) is 12.4. The van der Waals surface area contributed by atoms with Crippen molar-refractivity contribution in [3.8, 4) is 0 Å². The van der Waals surface area contributed by atoms with E-state index in [4.69, 9.17) is 5.11 Å². The molecule has 0 unspecified atom stereocenters. The van der Waals surface area contributed by atoms with Gasteiger partial charge in [-0.1, -0.05) is 0 Å². The van der Waals surface area contributed by atoms with E-state index in [1.54, 1.807) is 0 Å². The van der Waals surface area contributed by atoms with Gasteiger partial charge in [0.1, 0.15) is 5.82 Å². The molecule has 0 spiro atoms. The van der Waals surface area contributed by atoms with E-state index < -0.39 is 33.3 Å². The molecule has 1 aromatic rings. The van der Waals surface area contributed by atoms with Gasteiger partial charge in [-0.25, -0.2) is 13.2 Å². The van der Waals surface area contributed by atoms with Crippen molar-refractivity contribution in [3.05, 3.63) is 33.6 Å². The number of hydrogen-bond donors (Lipinski definition) is 1. The maximum Gasteiger partial charge on any atom is 0.304 e. The maximum absolute atomic E-state index is 13.8. The monoisotopic (exact) mass is 308 g/mol. The molecule has 2 nitrogen and oxygen atoms in total. The van der Waals surface area contributed by atoms with Gasteiger partial charge >= 0.3 is 5.97 Å². The fraction of sp³-hybridized carbons (Fsp3) is 0.364. The zero-order valence-corrected chi connectivity index (χ0v) is 10.2. The Morgan fingerprint density at radius 3 is 2.41 bits per heavy atom. The molecule has 0 aliphatic heterocycles. The zero-order chi connectivity index (χ0) is 12.8. The van der Waals surface area contributed by atoms with Crippen LogP contribution in [0.1, 0.15) is 24.8 Å². The molecule has 0 heterocycles. The first-order valence-electron chi connectivity index (χ1n) is 4.93. The van der Waals surface area contributed by atoms with Crippen LogP contribution in [0.4, 0.5) is 13.2 Å². The van der Waals surface area contributed by atoms with Crippen molar-refractivity contribution in [2.45, 2.75) is 24.7 Å². The molecule has 2 rings (SSSR count). The number of benzene rings is 1. The SMILES string of the molecule is O=C(O)CC1(c2cc(F)c(F)c(Br)c2F)CC1. The lowest BCUT2D eigenvalue weighted by atomic mass is 9.92. The third kappa shape index (κ3) is 2.06. The number of aliphatic carboxylic acids is 1. The Morgan fingerprint density at radius 1 is 1.35 bits per heavy atom. The van der Waals surface area contributed by atoms with Crippen LogP contribution in [0.5, 0.6) is 0 Å². The Bertz CT molecular complexity index is 498. The van der Waals surface area contributed by atoms with Crippen LogP contribution >= 0.6 is 15.9 Å². The number of carboxylic acids is 1. The molecule has 92 valence electrons. The molecule has 1 aliphatic rings. The topological polar surface area (TPSA) is 37.3 Å². The summed E-state index contributed by atoms with van der Waals surface area (Å²) in [5, 5.41) is 8.73. The largest absolute Gasteiger partial charge is 0.481 e. The van der Waals surface area contributed by atoms with Crippen molar-refractivity contribution in [1.29, 1.82) is 0 Å². The van der Waals surface area contributed by atoms with E-state index in [9.17, 15) is 18.0 Å². The van der Waals surface area contributed by atoms with Crippen LogP contribution < -0.4 is 0 Å². The molecule has 1 aliphatic carbocycles. The minimum absolute atomic E-state index is 0.0642. The van der Waals surface area contributed by atoms with E-state index in [-0.39, 0.29) is 12.0 Å². The van der Waals surface area contributed by atoms with Gasteiger partial charge in [-0.2, -0.15) is 0 Å². The Balaban J connectivity index is 2.50. The van der Waals surface area contributed by atoms with E-state index in [1.807, 2.05) is 0 Å². The highest BCUT2D eigenvalue weighted by Crippen LogP contribution is 2.52. The fourth-order valence-electron chi connectivity index (χ4n) is 1.94. The minimum atomic E-state index is -1.29. The minimum Gasteiger partial charge on any atom is -0.481 e. The van der Waals surface area contributed by atoms with E-state index >= 15 is 0 Å². The number of carboxylic acid groups (broad SMARTS) is 1. The summed E-state index contributed by atoms with van der Waals surface area (Å²) in [4.78, 5) is 10.7. The van der Waals surface area contributed by atoms with E-state index in [0.29, 0.717) is 12.8 Å². The van der Waals surface area contributed by atoms with Crippen LogP contribution in [0.15, 0.2) is 10.5 Å². The normalized spacial score (nSPS) is 16.9. The number of hydrogen-bond acceptors (Lipinski definition) is 1. The molecule has 1 aromatic carbocycles. The van der Waals surface area contributed by atoms with Gasteiger partial charge in [-0.3, -0.25) is 4.79 Å². The predicted molar refractivity (Wildman–Crippen MR) is 57.2 cm³/mol. The van der Waals surface area contributed by atoms with Crippen molar-refractivity contribution in [3.63, 3.8) is 0 Å². The lowest BCUT2D eigenvalue weighted by Gasteiger charge is -2.15. The summed E-state index contributed by atoms with van der Waals surface area (Å²) in [6.45, 7) is 0. The molecule has 1 N–H and O–H groups in total. The molecule has 6 heteroatoms. The Labute approximate surface area is 104 Å². The van der Waals surface area contributed by atoms with Crippen LogP contribution in [0, 0.1) is 17.5 Å². The molecular weight excluding hydrogens is 301 g/mol. The zero-order valence-electron chi connectivity index (χ0n) is 8.57. The van der Waals surface area contributed by atoms with Gasteiger partial charge in [0.15, 0.2) is 11.6 Å². The summed E-state index contributed by atoms with van der Waals surface area (Å²) in [6.07, 6.45) is 0.656. The van der Waals surface area contributed by atoms with Gasteiger partial charge in [0.25, 0.3) is 0 Å². The molecule has 0 saturated heterocycles. The van der Waals surface area contributed by atoms with Gasteiger partial charge in [-0.15, -0.1) is 0 Å². The smallest absolute Gasteiger partial charge is 0.304 e. The van der Waals surface area contributed by atoms with Crippen molar-refractivity contribution in [1.82, 2.24) is 0 Å². The standard InChI is InChI=1S/C11H8BrF3O2/c12-8-9(14)5(3-6(13)10(8)15)11(1-2-11)4-7(16)17/h3H,1-2,4H2,(H,16,17). The highest BCUT2D eigenvalue weighted by molar-refractivity contribution is 9.10. The molecule has 0 amide bonds. The fourth-order valence-corrected chi connectivity index (χ4v) is 2.34. The molecule has 1 fully saturated rings. The van der Waals surface area contributed by atoms with E-state index in [0.717, 1.165) is 6.07 Å². The van der Waals surface area contributed by atoms with Crippen LogP contribution in [0.3, 0.4) is 0 Å². The average molecular weight is 309 g/mol. The molecule has 0 atom stereocenters. The van der Waals surface area contributed by atoms with Crippen LogP contribution in [0.25, 0.3) is 0 Å². The number of halogens is 4. The highest BCUT2D eigenvalue weighted by Gasteiger charge is 2.48. The molecular formula is C11H8BrF3O2. The molecule has 0 bridgehead atoms. The predicted octanol–water partition coefficient (Wildman–Crippen LogP) is 3.37.